The Kier molecular flexibility index (Phi) is 3.97. The molecule has 0 radical (unpaired) electrons. The van der Waals surface area contributed by atoms with E-state index in [1.165, 1.54) is 11.1 Å². The summed E-state index contributed by atoms with van der Waals surface area (Å²) in [6.07, 6.45) is 3.76. The van der Waals surface area contributed by atoms with Crippen molar-refractivity contribution in [1.29, 1.82) is 0 Å². The van der Waals surface area contributed by atoms with Gasteiger partial charge in [0, 0.05) is 12.8 Å². The fourth-order valence-corrected chi connectivity index (χ4v) is 2.18. The molecule has 1 aliphatic carbocycles. The third-order valence-electron chi connectivity index (χ3n) is 3.07. The Hall–Kier alpha value is -1.84. The first-order chi connectivity index (χ1) is 8.65. The Labute approximate surface area is 106 Å². The van der Waals surface area contributed by atoms with Crippen LogP contribution in [0.25, 0.3) is 0 Å². The second-order valence-electron chi connectivity index (χ2n) is 4.51. The molecule has 0 saturated heterocycles. The molecule has 96 valence electrons. The lowest BCUT2D eigenvalue weighted by atomic mass is 10.1. The number of aryl methyl sites for hydroxylation is 2. The first kappa shape index (κ1) is 12.6. The highest BCUT2D eigenvalue weighted by molar-refractivity contribution is 5.73. The summed E-state index contributed by atoms with van der Waals surface area (Å²) in [4.78, 5) is 21.8. The number of hydrogen-bond donors (Lipinski definition) is 1. The van der Waals surface area contributed by atoms with Crippen LogP contribution in [0.1, 0.15) is 36.8 Å². The van der Waals surface area contributed by atoms with Crippen molar-refractivity contribution in [2.75, 3.05) is 0 Å². The maximum atomic E-state index is 11.5. The topological polar surface area (TPSA) is 63.6 Å². The van der Waals surface area contributed by atoms with Gasteiger partial charge in [-0.3, -0.25) is 9.59 Å². The normalized spacial score (nSPS) is 13.1. The standard InChI is InChI=1S/C14H16O4/c15-13(16)5-2-6-14(17)18-12-8-7-10-3-1-4-11(10)9-12/h7-9H,1-6H2,(H,15,16). The Morgan fingerprint density at radius 2 is 1.94 bits per heavy atom. The van der Waals surface area contributed by atoms with Gasteiger partial charge in [-0.1, -0.05) is 6.07 Å². The zero-order chi connectivity index (χ0) is 13.0. The number of benzene rings is 1. The average molecular weight is 248 g/mol. The third-order valence-corrected chi connectivity index (χ3v) is 3.07. The summed E-state index contributed by atoms with van der Waals surface area (Å²) >= 11 is 0. The molecule has 0 aromatic heterocycles. The van der Waals surface area contributed by atoms with Crippen LogP contribution < -0.4 is 4.74 Å². The lowest BCUT2D eigenvalue weighted by molar-refractivity contribution is -0.137. The van der Waals surface area contributed by atoms with Crippen molar-refractivity contribution in [2.45, 2.75) is 38.5 Å². The molecule has 1 aromatic rings. The van der Waals surface area contributed by atoms with Crippen molar-refractivity contribution in [3.8, 4) is 5.75 Å². The number of fused-ring (bicyclic) bond motifs is 1. The third kappa shape index (κ3) is 3.32. The van der Waals surface area contributed by atoms with E-state index in [0.717, 1.165) is 19.3 Å². The van der Waals surface area contributed by atoms with Gasteiger partial charge < -0.3 is 9.84 Å². The number of rotatable bonds is 5. The summed E-state index contributed by atoms with van der Waals surface area (Å²) < 4.78 is 5.19. The number of carboxylic acid groups (broad SMARTS) is 1. The van der Waals surface area contributed by atoms with Crippen LogP contribution in [0.2, 0.25) is 0 Å². The van der Waals surface area contributed by atoms with E-state index in [4.69, 9.17) is 9.84 Å². The van der Waals surface area contributed by atoms with Crippen molar-refractivity contribution >= 4 is 11.9 Å². The molecule has 4 heteroatoms. The first-order valence-electron chi connectivity index (χ1n) is 6.19. The summed E-state index contributed by atoms with van der Waals surface area (Å²) in [5, 5.41) is 8.47. The second kappa shape index (κ2) is 5.67. The Balaban J connectivity index is 1.85. The number of esters is 1. The zero-order valence-corrected chi connectivity index (χ0v) is 10.1. The van der Waals surface area contributed by atoms with Crippen LogP contribution in [-0.2, 0) is 22.4 Å². The van der Waals surface area contributed by atoms with Crippen LogP contribution in [-0.4, -0.2) is 17.0 Å². The van der Waals surface area contributed by atoms with Crippen LogP contribution in [0.5, 0.6) is 5.75 Å². The lowest BCUT2D eigenvalue weighted by Gasteiger charge is -2.06. The van der Waals surface area contributed by atoms with Crippen LogP contribution in [0.4, 0.5) is 0 Å². The maximum Gasteiger partial charge on any atom is 0.311 e. The minimum absolute atomic E-state index is 0.000707. The highest BCUT2D eigenvalue weighted by atomic mass is 16.5. The summed E-state index contributed by atoms with van der Waals surface area (Å²) in [5.41, 5.74) is 2.59. The second-order valence-corrected chi connectivity index (χ2v) is 4.51. The van der Waals surface area contributed by atoms with E-state index >= 15 is 0 Å². The summed E-state index contributed by atoms with van der Waals surface area (Å²) in [5.74, 6) is -0.689. The number of aliphatic carboxylic acids is 1. The summed E-state index contributed by atoms with van der Waals surface area (Å²) in [6, 6.07) is 5.72. The van der Waals surface area contributed by atoms with Crippen molar-refractivity contribution in [3.63, 3.8) is 0 Å². The van der Waals surface area contributed by atoms with Crippen molar-refractivity contribution in [3.05, 3.63) is 29.3 Å². The van der Waals surface area contributed by atoms with Gasteiger partial charge in [0.05, 0.1) is 0 Å². The summed E-state index contributed by atoms with van der Waals surface area (Å²) in [6.45, 7) is 0. The molecular weight excluding hydrogens is 232 g/mol. The van der Waals surface area contributed by atoms with E-state index in [1.54, 1.807) is 6.07 Å². The molecule has 0 heterocycles. The number of carbonyl (C=O) groups excluding carboxylic acids is 1. The predicted molar refractivity (Wildman–Crippen MR) is 65.6 cm³/mol. The van der Waals surface area contributed by atoms with Gasteiger partial charge in [-0.15, -0.1) is 0 Å². The Morgan fingerprint density at radius 3 is 2.72 bits per heavy atom. The zero-order valence-electron chi connectivity index (χ0n) is 10.1. The molecule has 0 saturated carbocycles. The largest absolute Gasteiger partial charge is 0.481 e. The van der Waals surface area contributed by atoms with Crippen LogP contribution in [0.3, 0.4) is 0 Å². The van der Waals surface area contributed by atoms with Gasteiger partial charge in [0.15, 0.2) is 0 Å². The maximum absolute atomic E-state index is 11.5. The van der Waals surface area contributed by atoms with E-state index < -0.39 is 5.97 Å². The smallest absolute Gasteiger partial charge is 0.311 e. The minimum atomic E-state index is -0.889. The van der Waals surface area contributed by atoms with Gasteiger partial charge in [-0.25, -0.2) is 0 Å². The number of hydrogen-bond acceptors (Lipinski definition) is 3. The van der Waals surface area contributed by atoms with E-state index in [9.17, 15) is 9.59 Å². The molecule has 0 amide bonds. The molecule has 4 nitrogen and oxygen atoms in total. The number of ether oxygens (including phenoxy) is 1. The fourth-order valence-electron chi connectivity index (χ4n) is 2.18. The molecule has 1 aliphatic rings. The van der Waals surface area contributed by atoms with Gasteiger partial charge in [0.2, 0.25) is 0 Å². The molecule has 0 spiro atoms. The van der Waals surface area contributed by atoms with Gasteiger partial charge >= 0.3 is 11.9 Å². The van der Waals surface area contributed by atoms with Gasteiger partial charge in [-0.2, -0.15) is 0 Å². The average Bonchev–Trinajstić information content (AvgIpc) is 2.75. The molecule has 0 bridgehead atoms. The molecular formula is C14H16O4. The molecule has 1 aromatic carbocycles. The van der Waals surface area contributed by atoms with Gasteiger partial charge in [-0.05, 0) is 48.9 Å². The molecule has 0 unspecified atom stereocenters. The molecule has 1 N–H and O–H groups in total. The highest BCUT2D eigenvalue weighted by Crippen LogP contribution is 2.26. The molecule has 0 fully saturated rings. The fraction of sp³-hybridized carbons (Fsp3) is 0.429. The predicted octanol–water partition coefficient (Wildman–Crippen LogP) is 2.34. The number of carbonyl (C=O) groups is 2. The van der Waals surface area contributed by atoms with Gasteiger partial charge in [0.1, 0.15) is 5.75 Å². The quantitative estimate of drug-likeness (QED) is 0.641. The monoisotopic (exact) mass is 248 g/mol. The molecule has 0 aliphatic heterocycles. The van der Waals surface area contributed by atoms with Crippen molar-refractivity contribution in [2.24, 2.45) is 0 Å². The highest BCUT2D eigenvalue weighted by Gasteiger charge is 2.13. The lowest BCUT2D eigenvalue weighted by Crippen LogP contribution is -2.08. The molecule has 0 atom stereocenters. The van der Waals surface area contributed by atoms with Gasteiger partial charge in [0.25, 0.3) is 0 Å². The Bertz CT molecular complexity index is 465. The van der Waals surface area contributed by atoms with E-state index in [1.807, 2.05) is 12.1 Å². The SMILES string of the molecule is O=C(O)CCCC(=O)Oc1ccc2c(c1)CCC2. The molecule has 18 heavy (non-hydrogen) atoms. The van der Waals surface area contributed by atoms with E-state index in [2.05, 4.69) is 0 Å². The minimum Gasteiger partial charge on any atom is -0.481 e. The van der Waals surface area contributed by atoms with Crippen molar-refractivity contribution in [1.82, 2.24) is 0 Å². The van der Waals surface area contributed by atoms with Crippen LogP contribution in [0, 0.1) is 0 Å². The van der Waals surface area contributed by atoms with Crippen LogP contribution >= 0.6 is 0 Å². The molecule has 2 rings (SSSR count). The van der Waals surface area contributed by atoms with E-state index in [0.29, 0.717) is 12.2 Å². The first-order valence-corrected chi connectivity index (χ1v) is 6.19. The van der Waals surface area contributed by atoms with Crippen molar-refractivity contribution < 1.29 is 19.4 Å². The van der Waals surface area contributed by atoms with Crippen LogP contribution in [0.15, 0.2) is 18.2 Å². The number of carboxylic acids is 1. The van der Waals surface area contributed by atoms with E-state index in [-0.39, 0.29) is 18.8 Å². The summed E-state index contributed by atoms with van der Waals surface area (Å²) in [7, 11) is 0. The Morgan fingerprint density at radius 1 is 1.17 bits per heavy atom.